The Bertz CT molecular complexity index is 804. The van der Waals surface area contributed by atoms with Crippen molar-refractivity contribution in [2.75, 3.05) is 6.61 Å². The third-order valence-electron chi connectivity index (χ3n) is 4.10. The molecule has 0 amide bonds. The van der Waals surface area contributed by atoms with Gasteiger partial charge in [0, 0.05) is 11.6 Å². The Kier molecular flexibility index (Phi) is 32.7. The van der Waals surface area contributed by atoms with Gasteiger partial charge < -0.3 is 4.74 Å². The summed E-state index contributed by atoms with van der Waals surface area (Å²) < 4.78 is 5.45. The Morgan fingerprint density at radius 2 is 1.34 bits per heavy atom. The zero-order chi connectivity index (χ0) is 29.6. The number of aromatic nitrogens is 2. The summed E-state index contributed by atoms with van der Waals surface area (Å²) in [6.45, 7) is 25.7. The smallest absolute Gasteiger partial charge is 0.0798 e. The normalized spacial score (nSPS) is 14.0. The van der Waals surface area contributed by atoms with Crippen molar-refractivity contribution in [1.82, 2.24) is 9.97 Å². The van der Waals surface area contributed by atoms with E-state index in [9.17, 15) is 0 Å². The maximum Gasteiger partial charge on any atom is 0.0798 e. The number of thiazole rings is 1. The van der Waals surface area contributed by atoms with E-state index in [0.717, 1.165) is 24.4 Å². The molecule has 0 aliphatic carbocycles. The van der Waals surface area contributed by atoms with E-state index in [-0.39, 0.29) is 0 Å². The number of allylic oxidation sites excluding steroid dienone is 3. The van der Waals surface area contributed by atoms with Gasteiger partial charge in [0.15, 0.2) is 0 Å². The molecule has 0 spiro atoms. The summed E-state index contributed by atoms with van der Waals surface area (Å²) in [5.74, 6) is 1.84. The lowest BCUT2D eigenvalue weighted by Gasteiger charge is -2.14. The average Bonchev–Trinajstić information content (AvgIpc) is 3.49. The van der Waals surface area contributed by atoms with Crippen molar-refractivity contribution in [2.45, 2.75) is 95.6 Å². The summed E-state index contributed by atoms with van der Waals surface area (Å²) >= 11 is 1.63. The number of rotatable bonds is 6. The third kappa shape index (κ3) is 28.3. The first-order valence-electron chi connectivity index (χ1n) is 14.5. The van der Waals surface area contributed by atoms with Gasteiger partial charge in [-0.3, -0.25) is 4.98 Å². The Morgan fingerprint density at radius 3 is 1.76 bits per heavy atom. The van der Waals surface area contributed by atoms with Crippen LogP contribution in [0.15, 0.2) is 71.7 Å². The SMILES string of the molecule is CC.CC.CC.CC(C)/C=C/[C@@H]1CC=CCO1.CC(C)/C=C/c1ccccn1.CC(C)/C=C/c1cscn1. The van der Waals surface area contributed by atoms with Gasteiger partial charge in [-0.05, 0) is 48.5 Å². The summed E-state index contributed by atoms with van der Waals surface area (Å²) in [6, 6.07) is 5.92. The lowest BCUT2D eigenvalue weighted by atomic mass is 10.1. The lowest BCUT2D eigenvalue weighted by Crippen LogP contribution is -2.12. The molecular formula is C34H58N2OS. The molecule has 1 aliphatic rings. The van der Waals surface area contributed by atoms with E-state index in [2.05, 4.69) is 94.0 Å². The minimum Gasteiger partial charge on any atom is -0.370 e. The topological polar surface area (TPSA) is 35.0 Å². The van der Waals surface area contributed by atoms with Crippen molar-refractivity contribution in [3.63, 3.8) is 0 Å². The quantitative estimate of drug-likeness (QED) is 0.340. The van der Waals surface area contributed by atoms with Crippen molar-refractivity contribution in [1.29, 1.82) is 0 Å². The van der Waals surface area contributed by atoms with Crippen LogP contribution in [-0.2, 0) is 4.74 Å². The third-order valence-corrected chi connectivity index (χ3v) is 4.70. The van der Waals surface area contributed by atoms with Crippen LogP contribution in [-0.4, -0.2) is 22.7 Å². The van der Waals surface area contributed by atoms with Gasteiger partial charge in [0.2, 0.25) is 0 Å². The summed E-state index contributed by atoms with van der Waals surface area (Å²) in [7, 11) is 0. The van der Waals surface area contributed by atoms with Crippen LogP contribution >= 0.6 is 11.3 Å². The van der Waals surface area contributed by atoms with Crippen molar-refractivity contribution in [3.8, 4) is 0 Å². The Balaban J connectivity index is -0.000000439. The van der Waals surface area contributed by atoms with Crippen molar-refractivity contribution in [3.05, 3.63) is 83.1 Å². The summed E-state index contributed by atoms with van der Waals surface area (Å²) in [5.41, 5.74) is 3.94. The molecule has 0 unspecified atom stereocenters. The molecule has 0 fully saturated rings. The lowest BCUT2D eigenvalue weighted by molar-refractivity contribution is 0.102. The van der Waals surface area contributed by atoms with Crippen LogP contribution < -0.4 is 0 Å². The van der Waals surface area contributed by atoms with Crippen molar-refractivity contribution >= 4 is 23.5 Å². The fourth-order valence-corrected chi connectivity index (χ4v) is 2.91. The van der Waals surface area contributed by atoms with Crippen LogP contribution in [0.25, 0.3) is 12.2 Å². The van der Waals surface area contributed by atoms with E-state index in [0.29, 0.717) is 23.9 Å². The largest absolute Gasteiger partial charge is 0.370 e. The molecule has 0 bridgehead atoms. The molecule has 3 heterocycles. The molecule has 0 saturated carbocycles. The fourth-order valence-electron chi connectivity index (χ4n) is 2.39. The van der Waals surface area contributed by atoms with Gasteiger partial charge in [0.1, 0.15) is 0 Å². The molecule has 2 aromatic rings. The van der Waals surface area contributed by atoms with Crippen LogP contribution in [0.5, 0.6) is 0 Å². The minimum atomic E-state index is 0.322. The molecule has 3 rings (SSSR count). The van der Waals surface area contributed by atoms with Crippen LogP contribution in [0.4, 0.5) is 0 Å². The van der Waals surface area contributed by atoms with Crippen LogP contribution in [0.2, 0.25) is 0 Å². The Morgan fingerprint density at radius 1 is 0.763 bits per heavy atom. The first kappa shape index (κ1) is 40.2. The molecular weight excluding hydrogens is 484 g/mol. The molecule has 0 aromatic carbocycles. The zero-order valence-corrected chi connectivity index (χ0v) is 27.3. The van der Waals surface area contributed by atoms with Gasteiger partial charge in [-0.1, -0.05) is 126 Å². The van der Waals surface area contributed by atoms with Crippen molar-refractivity contribution < 1.29 is 4.74 Å². The molecule has 216 valence electrons. The van der Waals surface area contributed by atoms with E-state index in [4.69, 9.17) is 4.74 Å². The maximum atomic E-state index is 5.45. The minimum absolute atomic E-state index is 0.322. The fraction of sp³-hybridized carbons (Fsp3) is 0.529. The molecule has 2 aromatic heterocycles. The van der Waals surface area contributed by atoms with Crippen LogP contribution in [0.1, 0.15) is 101 Å². The highest BCUT2D eigenvalue weighted by Gasteiger charge is 2.04. The summed E-state index contributed by atoms with van der Waals surface area (Å²) in [5, 5.41) is 2.04. The van der Waals surface area contributed by atoms with Crippen molar-refractivity contribution in [2.24, 2.45) is 17.8 Å². The van der Waals surface area contributed by atoms with Gasteiger partial charge in [-0.25, -0.2) is 4.98 Å². The average molecular weight is 543 g/mol. The first-order valence-corrected chi connectivity index (χ1v) is 15.4. The first-order chi connectivity index (χ1) is 18.4. The molecule has 1 aliphatic heterocycles. The van der Waals surface area contributed by atoms with E-state index < -0.39 is 0 Å². The van der Waals surface area contributed by atoms with Gasteiger partial charge in [0.25, 0.3) is 0 Å². The number of pyridine rings is 1. The van der Waals surface area contributed by atoms with Gasteiger partial charge in [-0.15, -0.1) is 11.3 Å². The molecule has 4 heteroatoms. The number of nitrogens with zero attached hydrogens (tertiary/aromatic N) is 2. The number of ether oxygens (including phenoxy) is 1. The number of hydrogen-bond acceptors (Lipinski definition) is 4. The maximum absolute atomic E-state index is 5.45. The van der Waals surface area contributed by atoms with Crippen LogP contribution in [0, 0.1) is 17.8 Å². The highest BCUT2D eigenvalue weighted by molar-refractivity contribution is 7.07. The highest BCUT2D eigenvalue weighted by Crippen LogP contribution is 2.09. The van der Waals surface area contributed by atoms with E-state index >= 15 is 0 Å². The summed E-state index contributed by atoms with van der Waals surface area (Å²) in [6.07, 6.45) is 20.2. The number of hydrogen-bond donors (Lipinski definition) is 0. The molecule has 0 radical (unpaired) electrons. The monoisotopic (exact) mass is 542 g/mol. The van der Waals surface area contributed by atoms with Gasteiger partial charge >= 0.3 is 0 Å². The predicted molar refractivity (Wildman–Crippen MR) is 176 cm³/mol. The standard InChI is InChI=1S/C10H13N.C10H16O.C8H11NS.3C2H6/c2*1-9(2)6-7-10-5-3-4-8-11-10;1-7(2)3-4-8-5-10-6-9-8;3*1-2/h3-9H,1-2H3;3-4,6-7,9-10H,5,8H2,1-2H3;3-7H,1-2H3;3*1-2H3/b2*7-6+;4-3+;;;/t;10-;;;;/m.0..../s1. The van der Waals surface area contributed by atoms with Gasteiger partial charge in [0.05, 0.1) is 29.6 Å². The summed E-state index contributed by atoms with van der Waals surface area (Å²) in [4.78, 5) is 8.28. The zero-order valence-electron chi connectivity index (χ0n) is 26.5. The van der Waals surface area contributed by atoms with E-state index in [1.807, 2.05) is 76.7 Å². The highest BCUT2D eigenvalue weighted by atomic mass is 32.1. The molecule has 0 saturated heterocycles. The molecule has 38 heavy (non-hydrogen) atoms. The van der Waals surface area contributed by atoms with Gasteiger partial charge in [-0.2, -0.15) is 0 Å². The van der Waals surface area contributed by atoms with E-state index in [1.54, 1.807) is 17.5 Å². The Labute approximate surface area is 240 Å². The second-order valence-electron chi connectivity index (χ2n) is 8.58. The second-order valence-corrected chi connectivity index (χ2v) is 9.30. The molecule has 1 atom stereocenters. The molecule has 3 nitrogen and oxygen atoms in total. The Hall–Kier alpha value is -2.30. The predicted octanol–water partition coefficient (Wildman–Crippen LogP) is 11.2. The second kappa shape index (κ2) is 30.9. The molecule has 0 N–H and O–H groups in total. The van der Waals surface area contributed by atoms with Crippen LogP contribution in [0.3, 0.4) is 0 Å². The van der Waals surface area contributed by atoms with E-state index in [1.165, 1.54) is 0 Å².